The van der Waals surface area contributed by atoms with Crippen LogP contribution in [0.3, 0.4) is 0 Å². The van der Waals surface area contributed by atoms with Crippen LogP contribution < -0.4 is 0 Å². The summed E-state index contributed by atoms with van der Waals surface area (Å²) in [4.78, 5) is 2.51. The number of benzene rings is 2. The number of hydrogen-bond donors (Lipinski definition) is 1. The van der Waals surface area contributed by atoms with Crippen LogP contribution in [0.5, 0.6) is 5.75 Å². The van der Waals surface area contributed by atoms with Gasteiger partial charge in [0.1, 0.15) is 5.75 Å². The summed E-state index contributed by atoms with van der Waals surface area (Å²) >= 11 is 6.08. The maximum Gasteiger partial charge on any atom is 0.118 e. The summed E-state index contributed by atoms with van der Waals surface area (Å²) in [6, 6.07) is 12.6. The van der Waals surface area contributed by atoms with Crippen molar-refractivity contribution in [3.8, 4) is 5.75 Å². The molecular weight excluding hydrogens is 294 g/mol. The molecule has 3 rings (SSSR count). The van der Waals surface area contributed by atoms with Gasteiger partial charge in [0.25, 0.3) is 0 Å². The Morgan fingerprint density at radius 3 is 2.68 bits per heavy atom. The minimum atomic E-state index is 0.378. The molecule has 1 atom stereocenters. The lowest BCUT2D eigenvalue weighted by Crippen LogP contribution is -2.28. The van der Waals surface area contributed by atoms with E-state index in [1.54, 1.807) is 6.07 Å². The van der Waals surface area contributed by atoms with E-state index in [0.717, 1.165) is 36.5 Å². The fraction of sp³-hybridized carbons (Fsp3) is 0.368. The van der Waals surface area contributed by atoms with Crippen LogP contribution in [0.1, 0.15) is 35.6 Å². The second-order valence-electron chi connectivity index (χ2n) is 6.33. The summed E-state index contributed by atoms with van der Waals surface area (Å²) < 4.78 is 0. The van der Waals surface area contributed by atoms with Crippen molar-refractivity contribution in [2.24, 2.45) is 0 Å². The Hall–Kier alpha value is -1.51. The number of phenolic OH excluding ortho intramolecular Hbond substituents is 1. The number of halogens is 1. The van der Waals surface area contributed by atoms with Crippen LogP contribution in [0.4, 0.5) is 0 Å². The first-order chi connectivity index (χ1) is 10.5. The third-order valence-corrected chi connectivity index (χ3v) is 4.89. The van der Waals surface area contributed by atoms with Gasteiger partial charge in [0, 0.05) is 24.2 Å². The molecule has 1 aliphatic heterocycles. The van der Waals surface area contributed by atoms with Gasteiger partial charge in [0.2, 0.25) is 0 Å². The summed E-state index contributed by atoms with van der Waals surface area (Å²) in [5.41, 5.74) is 5.01. The summed E-state index contributed by atoms with van der Waals surface area (Å²) in [7, 11) is 0. The maximum atomic E-state index is 9.60. The van der Waals surface area contributed by atoms with Crippen molar-refractivity contribution in [2.75, 3.05) is 0 Å². The summed E-state index contributed by atoms with van der Waals surface area (Å²) in [6.07, 6.45) is 2.15. The second-order valence-corrected chi connectivity index (χ2v) is 6.76. The second kappa shape index (κ2) is 6.31. The standard InChI is InChI=1S/C19H22ClNO/c1-13-9-15(5-8-19(13)22)4-3-14(2)21-11-16-6-7-18(20)10-17(16)12-21/h5-10,14,22H,3-4,11-12H2,1-2H3/t14-/m1/s1. The predicted octanol–water partition coefficient (Wildman–Crippen LogP) is 4.69. The molecule has 0 aliphatic carbocycles. The lowest BCUT2D eigenvalue weighted by molar-refractivity contribution is 0.203. The molecule has 116 valence electrons. The number of phenols is 1. The van der Waals surface area contributed by atoms with Crippen molar-refractivity contribution in [3.05, 3.63) is 63.7 Å². The zero-order valence-electron chi connectivity index (χ0n) is 13.1. The summed E-state index contributed by atoms with van der Waals surface area (Å²) in [5.74, 6) is 0.378. The Morgan fingerprint density at radius 1 is 1.14 bits per heavy atom. The van der Waals surface area contributed by atoms with Gasteiger partial charge >= 0.3 is 0 Å². The van der Waals surface area contributed by atoms with E-state index in [4.69, 9.17) is 11.6 Å². The SMILES string of the molecule is Cc1cc(CC[C@@H](C)N2Cc3ccc(Cl)cc3C2)ccc1O. The van der Waals surface area contributed by atoms with Crippen molar-refractivity contribution >= 4 is 11.6 Å². The lowest BCUT2D eigenvalue weighted by atomic mass is 10.0. The van der Waals surface area contributed by atoms with E-state index in [1.165, 1.54) is 16.7 Å². The monoisotopic (exact) mass is 315 g/mol. The van der Waals surface area contributed by atoms with Gasteiger partial charge in [-0.15, -0.1) is 0 Å². The van der Waals surface area contributed by atoms with Gasteiger partial charge in [0.05, 0.1) is 0 Å². The maximum absolute atomic E-state index is 9.60. The highest BCUT2D eigenvalue weighted by molar-refractivity contribution is 6.30. The molecule has 2 aromatic carbocycles. The lowest BCUT2D eigenvalue weighted by Gasteiger charge is -2.23. The molecule has 0 unspecified atom stereocenters. The van der Waals surface area contributed by atoms with Crippen LogP contribution in [-0.4, -0.2) is 16.0 Å². The van der Waals surface area contributed by atoms with Crippen molar-refractivity contribution in [2.45, 2.75) is 45.8 Å². The Labute approximate surface area is 137 Å². The van der Waals surface area contributed by atoms with Gasteiger partial charge in [-0.2, -0.15) is 0 Å². The highest BCUT2D eigenvalue weighted by atomic mass is 35.5. The van der Waals surface area contributed by atoms with Crippen LogP contribution in [0, 0.1) is 6.92 Å². The van der Waals surface area contributed by atoms with E-state index in [1.807, 2.05) is 19.1 Å². The molecule has 0 amide bonds. The Bertz CT molecular complexity index is 683. The van der Waals surface area contributed by atoms with Crippen molar-refractivity contribution in [1.29, 1.82) is 0 Å². The molecule has 0 aromatic heterocycles. The van der Waals surface area contributed by atoms with Crippen LogP contribution in [-0.2, 0) is 19.5 Å². The fourth-order valence-corrected chi connectivity index (χ4v) is 3.33. The zero-order valence-corrected chi connectivity index (χ0v) is 13.9. The molecule has 1 heterocycles. The van der Waals surface area contributed by atoms with Gasteiger partial charge in [0.15, 0.2) is 0 Å². The van der Waals surface area contributed by atoms with Gasteiger partial charge in [-0.3, -0.25) is 4.90 Å². The Morgan fingerprint density at radius 2 is 1.91 bits per heavy atom. The molecule has 3 heteroatoms. The quantitative estimate of drug-likeness (QED) is 0.884. The summed E-state index contributed by atoms with van der Waals surface area (Å²) in [6.45, 7) is 6.25. The van der Waals surface area contributed by atoms with Gasteiger partial charge in [-0.25, -0.2) is 0 Å². The van der Waals surface area contributed by atoms with Crippen LogP contribution in [0.25, 0.3) is 0 Å². The molecule has 1 aliphatic rings. The Balaban J connectivity index is 1.59. The molecule has 0 radical (unpaired) electrons. The minimum absolute atomic E-state index is 0.378. The number of aromatic hydroxyl groups is 1. The normalized spacial score (nSPS) is 15.8. The van der Waals surface area contributed by atoms with Gasteiger partial charge < -0.3 is 5.11 Å². The molecule has 0 bridgehead atoms. The topological polar surface area (TPSA) is 23.5 Å². The highest BCUT2D eigenvalue weighted by Gasteiger charge is 2.23. The molecule has 2 aromatic rings. The van der Waals surface area contributed by atoms with E-state index in [0.29, 0.717) is 11.8 Å². The first kappa shape index (κ1) is 15.4. The average molecular weight is 316 g/mol. The number of fused-ring (bicyclic) bond motifs is 1. The molecule has 1 N–H and O–H groups in total. The largest absolute Gasteiger partial charge is 0.508 e. The van der Waals surface area contributed by atoms with E-state index in [9.17, 15) is 5.11 Å². The molecular formula is C19H22ClNO. The van der Waals surface area contributed by atoms with E-state index >= 15 is 0 Å². The third-order valence-electron chi connectivity index (χ3n) is 4.65. The first-order valence-electron chi connectivity index (χ1n) is 7.83. The smallest absolute Gasteiger partial charge is 0.118 e. The number of rotatable bonds is 4. The first-order valence-corrected chi connectivity index (χ1v) is 8.20. The minimum Gasteiger partial charge on any atom is -0.508 e. The van der Waals surface area contributed by atoms with Crippen molar-refractivity contribution < 1.29 is 5.11 Å². The number of hydrogen-bond acceptors (Lipinski definition) is 2. The van der Waals surface area contributed by atoms with Gasteiger partial charge in [-0.05, 0) is 67.1 Å². The molecule has 2 nitrogen and oxygen atoms in total. The van der Waals surface area contributed by atoms with E-state index in [-0.39, 0.29) is 0 Å². The number of aryl methyl sites for hydroxylation is 2. The fourth-order valence-electron chi connectivity index (χ4n) is 3.13. The Kier molecular flexibility index (Phi) is 4.42. The van der Waals surface area contributed by atoms with Crippen LogP contribution >= 0.6 is 11.6 Å². The third kappa shape index (κ3) is 3.29. The molecule has 0 fully saturated rings. The molecule has 0 saturated heterocycles. The molecule has 0 saturated carbocycles. The zero-order chi connectivity index (χ0) is 15.7. The average Bonchev–Trinajstić information content (AvgIpc) is 2.91. The van der Waals surface area contributed by atoms with E-state index in [2.05, 4.69) is 30.0 Å². The van der Waals surface area contributed by atoms with Crippen molar-refractivity contribution in [1.82, 2.24) is 4.90 Å². The molecule has 0 spiro atoms. The molecule has 22 heavy (non-hydrogen) atoms. The predicted molar refractivity (Wildman–Crippen MR) is 91.3 cm³/mol. The summed E-state index contributed by atoms with van der Waals surface area (Å²) in [5, 5.41) is 10.4. The highest BCUT2D eigenvalue weighted by Crippen LogP contribution is 2.28. The number of nitrogens with zero attached hydrogens (tertiary/aromatic N) is 1. The van der Waals surface area contributed by atoms with E-state index < -0.39 is 0 Å². The van der Waals surface area contributed by atoms with Crippen molar-refractivity contribution in [3.63, 3.8) is 0 Å². The van der Waals surface area contributed by atoms with Crippen LogP contribution in [0.2, 0.25) is 5.02 Å². The van der Waals surface area contributed by atoms with Gasteiger partial charge in [-0.1, -0.05) is 29.8 Å². The van der Waals surface area contributed by atoms with Crippen LogP contribution in [0.15, 0.2) is 36.4 Å².